The van der Waals surface area contributed by atoms with Crippen LogP contribution in [0.4, 0.5) is 0 Å². The number of piperidine rings is 1. The number of amides is 2. The third kappa shape index (κ3) is 4.47. The minimum Gasteiger partial charge on any atom is -0.496 e. The fourth-order valence-corrected chi connectivity index (χ4v) is 3.07. The SMILES string of the molecule is COc1ccc(C(=O)OCC(=O)N2CCC[C@H](C(N)=O)C2)cc1Br. The number of hydrogen-bond donors (Lipinski definition) is 1. The molecule has 1 atom stereocenters. The van der Waals surface area contributed by atoms with Crippen LogP contribution in [0.25, 0.3) is 0 Å². The lowest BCUT2D eigenvalue weighted by atomic mass is 9.97. The largest absolute Gasteiger partial charge is 0.496 e. The number of primary amides is 1. The number of benzene rings is 1. The van der Waals surface area contributed by atoms with Gasteiger partial charge in [0.2, 0.25) is 5.91 Å². The van der Waals surface area contributed by atoms with Crippen molar-refractivity contribution in [2.45, 2.75) is 12.8 Å². The van der Waals surface area contributed by atoms with Crippen molar-refractivity contribution < 1.29 is 23.9 Å². The average Bonchev–Trinajstić information content (AvgIpc) is 2.59. The minimum atomic E-state index is -0.602. The summed E-state index contributed by atoms with van der Waals surface area (Å²) in [5.41, 5.74) is 5.60. The highest BCUT2D eigenvalue weighted by Crippen LogP contribution is 2.25. The van der Waals surface area contributed by atoms with Crippen LogP contribution in [0, 0.1) is 5.92 Å². The zero-order valence-corrected chi connectivity index (χ0v) is 14.9. The summed E-state index contributed by atoms with van der Waals surface area (Å²) >= 11 is 3.29. The first kappa shape index (κ1) is 18.3. The van der Waals surface area contributed by atoms with Gasteiger partial charge in [-0.1, -0.05) is 0 Å². The Hall–Kier alpha value is -2.09. The summed E-state index contributed by atoms with van der Waals surface area (Å²) in [6.45, 7) is 0.446. The molecule has 2 amide bonds. The van der Waals surface area contributed by atoms with Gasteiger partial charge in [0.05, 0.1) is 23.1 Å². The molecule has 1 aromatic carbocycles. The number of carbonyl (C=O) groups is 3. The Balaban J connectivity index is 1.90. The summed E-state index contributed by atoms with van der Waals surface area (Å²) in [7, 11) is 1.52. The number of likely N-dealkylation sites (tertiary alicyclic amines) is 1. The van der Waals surface area contributed by atoms with Crippen molar-refractivity contribution in [3.63, 3.8) is 0 Å². The van der Waals surface area contributed by atoms with Gasteiger partial charge in [-0.2, -0.15) is 0 Å². The van der Waals surface area contributed by atoms with E-state index in [1.54, 1.807) is 18.2 Å². The molecule has 0 aliphatic carbocycles. The van der Waals surface area contributed by atoms with Gasteiger partial charge in [0, 0.05) is 13.1 Å². The van der Waals surface area contributed by atoms with Crippen LogP contribution in [0.3, 0.4) is 0 Å². The zero-order valence-electron chi connectivity index (χ0n) is 13.3. The Morgan fingerprint density at radius 3 is 2.75 bits per heavy atom. The average molecular weight is 399 g/mol. The first-order valence-electron chi connectivity index (χ1n) is 7.50. The van der Waals surface area contributed by atoms with Crippen LogP contribution < -0.4 is 10.5 Å². The van der Waals surface area contributed by atoms with E-state index in [4.69, 9.17) is 15.2 Å². The molecule has 2 N–H and O–H groups in total. The Morgan fingerprint density at radius 1 is 1.38 bits per heavy atom. The quantitative estimate of drug-likeness (QED) is 0.754. The van der Waals surface area contributed by atoms with Gasteiger partial charge in [0.25, 0.3) is 5.91 Å². The van der Waals surface area contributed by atoms with E-state index in [-0.39, 0.29) is 25.0 Å². The van der Waals surface area contributed by atoms with E-state index in [2.05, 4.69) is 15.9 Å². The molecule has 1 saturated heterocycles. The van der Waals surface area contributed by atoms with Gasteiger partial charge in [0.15, 0.2) is 6.61 Å². The highest BCUT2D eigenvalue weighted by atomic mass is 79.9. The van der Waals surface area contributed by atoms with Gasteiger partial charge in [-0.15, -0.1) is 0 Å². The first-order chi connectivity index (χ1) is 11.4. The zero-order chi connectivity index (χ0) is 17.7. The molecule has 0 bridgehead atoms. The second kappa shape index (κ2) is 8.14. The second-order valence-electron chi connectivity index (χ2n) is 5.51. The van der Waals surface area contributed by atoms with Crippen molar-refractivity contribution in [2.75, 3.05) is 26.8 Å². The number of esters is 1. The summed E-state index contributed by atoms with van der Waals surface area (Å²) in [6, 6.07) is 4.75. The normalized spacial score (nSPS) is 17.2. The number of nitrogens with zero attached hydrogens (tertiary/aromatic N) is 1. The molecular weight excluding hydrogens is 380 g/mol. The molecule has 2 rings (SSSR count). The molecule has 7 nitrogen and oxygen atoms in total. The van der Waals surface area contributed by atoms with Gasteiger partial charge in [0.1, 0.15) is 5.75 Å². The fraction of sp³-hybridized carbons (Fsp3) is 0.438. The summed E-state index contributed by atoms with van der Waals surface area (Å²) < 4.78 is 10.8. The molecule has 24 heavy (non-hydrogen) atoms. The number of halogens is 1. The summed E-state index contributed by atoms with van der Waals surface area (Å²) in [6.07, 6.45) is 1.39. The topological polar surface area (TPSA) is 98.9 Å². The molecule has 1 aliphatic heterocycles. The van der Waals surface area contributed by atoms with E-state index in [1.807, 2.05) is 0 Å². The molecule has 0 spiro atoms. The monoisotopic (exact) mass is 398 g/mol. The van der Waals surface area contributed by atoms with E-state index in [9.17, 15) is 14.4 Å². The maximum atomic E-state index is 12.1. The molecule has 1 aliphatic rings. The lowest BCUT2D eigenvalue weighted by molar-refractivity contribution is -0.137. The van der Waals surface area contributed by atoms with Crippen LogP contribution in [0.5, 0.6) is 5.75 Å². The molecule has 0 radical (unpaired) electrons. The Kier molecular flexibility index (Phi) is 6.19. The maximum absolute atomic E-state index is 12.1. The van der Waals surface area contributed by atoms with Crippen molar-refractivity contribution in [3.8, 4) is 5.75 Å². The van der Waals surface area contributed by atoms with E-state index in [0.29, 0.717) is 35.2 Å². The van der Waals surface area contributed by atoms with Gasteiger partial charge in [-0.05, 0) is 47.0 Å². The molecule has 1 fully saturated rings. The number of ether oxygens (including phenoxy) is 2. The number of methoxy groups -OCH3 is 1. The first-order valence-corrected chi connectivity index (χ1v) is 8.29. The third-order valence-electron chi connectivity index (χ3n) is 3.89. The lowest BCUT2D eigenvalue weighted by Gasteiger charge is -2.31. The highest BCUT2D eigenvalue weighted by molar-refractivity contribution is 9.10. The molecule has 0 saturated carbocycles. The molecule has 8 heteroatoms. The molecule has 130 valence electrons. The molecule has 1 aromatic rings. The third-order valence-corrected chi connectivity index (χ3v) is 4.51. The predicted octanol–water partition coefficient (Wildman–Crippen LogP) is 1.34. The van der Waals surface area contributed by atoms with Crippen molar-refractivity contribution in [2.24, 2.45) is 11.7 Å². The highest BCUT2D eigenvalue weighted by Gasteiger charge is 2.27. The van der Waals surface area contributed by atoms with Crippen LogP contribution in [0.15, 0.2) is 22.7 Å². The Bertz CT molecular complexity index is 649. The standard InChI is InChI=1S/C16H19BrN2O5/c1-23-13-5-4-10(7-12(13)17)16(22)24-9-14(20)19-6-2-3-11(8-19)15(18)21/h4-5,7,11H,2-3,6,8-9H2,1H3,(H2,18,21)/t11-/m0/s1. The molecule has 0 unspecified atom stereocenters. The predicted molar refractivity (Wildman–Crippen MR) is 89.5 cm³/mol. The van der Waals surface area contributed by atoms with Crippen LogP contribution >= 0.6 is 15.9 Å². The minimum absolute atomic E-state index is 0.278. The van der Waals surface area contributed by atoms with Crippen molar-refractivity contribution in [1.29, 1.82) is 0 Å². The van der Waals surface area contributed by atoms with Crippen LogP contribution in [0.2, 0.25) is 0 Å². The number of rotatable bonds is 5. The van der Waals surface area contributed by atoms with E-state index in [1.165, 1.54) is 12.0 Å². The molecular formula is C16H19BrN2O5. The van der Waals surface area contributed by atoms with Gasteiger partial charge >= 0.3 is 5.97 Å². The van der Waals surface area contributed by atoms with Crippen LogP contribution in [0.1, 0.15) is 23.2 Å². The maximum Gasteiger partial charge on any atom is 0.338 e. The van der Waals surface area contributed by atoms with Crippen molar-refractivity contribution in [1.82, 2.24) is 4.90 Å². The molecule has 1 heterocycles. The number of carbonyl (C=O) groups excluding carboxylic acids is 3. The fourth-order valence-electron chi connectivity index (χ4n) is 2.53. The Morgan fingerprint density at radius 2 is 2.12 bits per heavy atom. The van der Waals surface area contributed by atoms with Crippen LogP contribution in [-0.2, 0) is 14.3 Å². The van der Waals surface area contributed by atoms with Gasteiger partial charge < -0.3 is 20.1 Å². The van der Waals surface area contributed by atoms with Gasteiger partial charge in [-0.3, -0.25) is 9.59 Å². The second-order valence-corrected chi connectivity index (χ2v) is 6.36. The van der Waals surface area contributed by atoms with Crippen LogP contribution in [-0.4, -0.2) is 49.5 Å². The summed E-state index contributed by atoms with van der Waals surface area (Å²) in [4.78, 5) is 36.9. The van der Waals surface area contributed by atoms with E-state index in [0.717, 1.165) is 0 Å². The van der Waals surface area contributed by atoms with Gasteiger partial charge in [-0.25, -0.2) is 4.79 Å². The van der Waals surface area contributed by atoms with E-state index >= 15 is 0 Å². The van der Waals surface area contributed by atoms with E-state index < -0.39 is 11.9 Å². The van der Waals surface area contributed by atoms with Crippen molar-refractivity contribution >= 4 is 33.7 Å². The summed E-state index contributed by atoms with van der Waals surface area (Å²) in [5, 5.41) is 0. The smallest absolute Gasteiger partial charge is 0.338 e. The molecule has 0 aromatic heterocycles. The lowest BCUT2D eigenvalue weighted by Crippen LogP contribution is -2.45. The Labute approximate surface area is 148 Å². The number of hydrogen-bond acceptors (Lipinski definition) is 5. The number of nitrogens with two attached hydrogens (primary N) is 1. The van der Waals surface area contributed by atoms with Crippen molar-refractivity contribution in [3.05, 3.63) is 28.2 Å². The summed E-state index contributed by atoms with van der Waals surface area (Å²) in [5.74, 6) is -1.09.